The fourth-order valence-corrected chi connectivity index (χ4v) is 4.49. The van der Waals surface area contributed by atoms with Crippen LogP contribution in [0.1, 0.15) is 23.8 Å². The van der Waals surface area contributed by atoms with E-state index in [-0.39, 0.29) is 23.9 Å². The van der Waals surface area contributed by atoms with E-state index in [1.54, 1.807) is 22.1 Å². The number of nitrogens with zero attached hydrogens (tertiary/aromatic N) is 3. The molecule has 0 saturated carbocycles. The number of para-hydroxylation sites is 1. The first-order valence-corrected chi connectivity index (χ1v) is 10.1. The van der Waals surface area contributed by atoms with E-state index in [2.05, 4.69) is 32.8 Å². The summed E-state index contributed by atoms with van der Waals surface area (Å²) in [6, 6.07) is 11.6. The van der Waals surface area contributed by atoms with Gasteiger partial charge in [0, 0.05) is 16.8 Å². The highest BCUT2D eigenvalue weighted by atomic mass is 32.1. The van der Waals surface area contributed by atoms with Gasteiger partial charge in [0.2, 0.25) is 11.3 Å². The lowest BCUT2D eigenvalue weighted by molar-refractivity contribution is -0.122. The van der Waals surface area contributed by atoms with E-state index in [0.29, 0.717) is 17.4 Å². The molecule has 3 aromatic rings. The fraction of sp³-hybridized carbons (Fsp3) is 0.350. The number of likely N-dealkylation sites (tertiary alicyclic amines) is 1. The Hall–Kier alpha value is -2.51. The molecule has 0 aliphatic carbocycles. The smallest absolute Gasteiger partial charge is 0.241 e. The average molecular weight is 382 g/mol. The normalized spacial score (nSPS) is 15.9. The van der Waals surface area contributed by atoms with Crippen LogP contribution in [-0.2, 0) is 11.3 Å². The Morgan fingerprint density at radius 1 is 1.19 bits per heavy atom. The van der Waals surface area contributed by atoms with Gasteiger partial charge in [-0.3, -0.25) is 19.2 Å². The Kier molecular flexibility index (Phi) is 5.31. The molecule has 1 N–H and O–H groups in total. The first-order valence-electron chi connectivity index (χ1n) is 9.21. The predicted molar refractivity (Wildman–Crippen MR) is 107 cm³/mol. The van der Waals surface area contributed by atoms with E-state index in [4.69, 9.17) is 0 Å². The van der Waals surface area contributed by atoms with Crippen molar-refractivity contribution < 1.29 is 4.79 Å². The van der Waals surface area contributed by atoms with Crippen molar-refractivity contribution in [2.24, 2.45) is 0 Å². The van der Waals surface area contributed by atoms with Crippen molar-refractivity contribution in [2.75, 3.05) is 19.6 Å². The van der Waals surface area contributed by atoms with Gasteiger partial charge in [0.15, 0.2) is 0 Å². The zero-order valence-corrected chi connectivity index (χ0v) is 15.8. The summed E-state index contributed by atoms with van der Waals surface area (Å²) < 4.78 is 1.59. The number of rotatable bonds is 6. The molecule has 0 bridgehead atoms. The summed E-state index contributed by atoms with van der Waals surface area (Å²) in [5.41, 5.74) is 0.545. The number of benzene rings is 1. The van der Waals surface area contributed by atoms with Crippen molar-refractivity contribution in [1.82, 2.24) is 20.0 Å². The number of carbonyl (C=O) groups is 1. The topological polar surface area (TPSA) is 67.2 Å². The van der Waals surface area contributed by atoms with Gasteiger partial charge < -0.3 is 5.32 Å². The highest BCUT2D eigenvalue weighted by molar-refractivity contribution is 7.10. The summed E-state index contributed by atoms with van der Waals surface area (Å²) >= 11 is 1.73. The molecule has 1 saturated heterocycles. The first-order chi connectivity index (χ1) is 13.2. The van der Waals surface area contributed by atoms with Crippen LogP contribution in [-0.4, -0.2) is 40.2 Å². The molecule has 6 nitrogen and oxygen atoms in total. The van der Waals surface area contributed by atoms with Crippen LogP contribution in [0.4, 0.5) is 0 Å². The van der Waals surface area contributed by atoms with Gasteiger partial charge in [-0.25, -0.2) is 0 Å². The Morgan fingerprint density at radius 3 is 2.78 bits per heavy atom. The third-order valence-corrected chi connectivity index (χ3v) is 5.97. The second kappa shape index (κ2) is 8.02. The van der Waals surface area contributed by atoms with Crippen molar-refractivity contribution in [3.8, 4) is 0 Å². The summed E-state index contributed by atoms with van der Waals surface area (Å²) in [7, 11) is 0. The number of hydrogen-bond acceptors (Lipinski definition) is 5. The standard InChI is InChI=1S/C20H22N4O2S/c25-18-13-22-24(16-7-2-1-6-15(16)18)14-20(26)21-12-17(19-8-5-11-27-19)23-9-3-4-10-23/h1-2,5-8,11,13,17H,3-4,9-10,12,14H2,(H,21,26). The molecule has 1 unspecified atom stereocenters. The van der Waals surface area contributed by atoms with Crippen molar-refractivity contribution in [3.05, 3.63) is 63.1 Å². The fourth-order valence-electron chi connectivity index (χ4n) is 3.63. The Labute approximate surface area is 161 Å². The molecular formula is C20H22N4O2S. The average Bonchev–Trinajstić information content (AvgIpc) is 3.39. The molecular weight excluding hydrogens is 360 g/mol. The molecule has 2 aromatic heterocycles. The van der Waals surface area contributed by atoms with Gasteiger partial charge in [0.1, 0.15) is 6.54 Å². The second-order valence-electron chi connectivity index (χ2n) is 6.76. The quantitative estimate of drug-likeness (QED) is 0.711. The third-order valence-electron chi connectivity index (χ3n) is 5.00. The van der Waals surface area contributed by atoms with E-state index >= 15 is 0 Å². The minimum atomic E-state index is -0.131. The maximum absolute atomic E-state index is 12.6. The molecule has 1 aliphatic rings. The largest absolute Gasteiger partial charge is 0.353 e. The predicted octanol–water partition coefficient (Wildman–Crippen LogP) is 2.41. The van der Waals surface area contributed by atoms with Crippen molar-refractivity contribution in [1.29, 1.82) is 0 Å². The van der Waals surface area contributed by atoms with E-state index < -0.39 is 0 Å². The first kappa shape index (κ1) is 17.9. The maximum atomic E-state index is 12.6. The number of aromatic nitrogens is 2. The zero-order valence-electron chi connectivity index (χ0n) is 15.0. The van der Waals surface area contributed by atoms with Crippen molar-refractivity contribution in [3.63, 3.8) is 0 Å². The minimum absolute atomic E-state index is 0.0952. The minimum Gasteiger partial charge on any atom is -0.353 e. The monoisotopic (exact) mass is 382 g/mol. The van der Waals surface area contributed by atoms with E-state index in [1.807, 2.05) is 18.2 Å². The Bertz CT molecular complexity index is 977. The molecule has 1 aliphatic heterocycles. The Balaban J connectivity index is 1.46. The van der Waals surface area contributed by atoms with Crippen molar-refractivity contribution in [2.45, 2.75) is 25.4 Å². The summed E-state index contributed by atoms with van der Waals surface area (Å²) in [5.74, 6) is -0.0999. The number of carbonyl (C=O) groups excluding carboxylic acids is 1. The van der Waals surface area contributed by atoms with Gasteiger partial charge in [-0.2, -0.15) is 5.10 Å². The molecule has 0 radical (unpaired) electrons. The molecule has 27 heavy (non-hydrogen) atoms. The lowest BCUT2D eigenvalue weighted by Crippen LogP contribution is -2.38. The summed E-state index contributed by atoms with van der Waals surface area (Å²) in [4.78, 5) is 28.2. The van der Waals surface area contributed by atoms with Gasteiger partial charge in [-0.1, -0.05) is 18.2 Å². The zero-order chi connectivity index (χ0) is 18.6. The molecule has 1 amide bonds. The summed E-state index contributed by atoms with van der Waals surface area (Å²) in [5, 5.41) is 9.86. The maximum Gasteiger partial charge on any atom is 0.241 e. The molecule has 3 heterocycles. The van der Waals surface area contributed by atoms with Crippen LogP contribution in [0.2, 0.25) is 0 Å². The van der Waals surface area contributed by atoms with Crippen LogP contribution < -0.4 is 10.7 Å². The lowest BCUT2D eigenvalue weighted by atomic mass is 10.2. The van der Waals surface area contributed by atoms with Crippen LogP contribution in [0.15, 0.2) is 52.8 Å². The van der Waals surface area contributed by atoms with Crippen LogP contribution in [0, 0.1) is 0 Å². The number of fused-ring (bicyclic) bond motifs is 1. The van der Waals surface area contributed by atoms with Gasteiger partial charge in [-0.05, 0) is 49.5 Å². The SMILES string of the molecule is O=C(Cn1ncc(=O)c2ccccc21)NCC(c1cccs1)N1CCCC1. The van der Waals surface area contributed by atoms with Gasteiger partial charge >= 0.3 is 0 Å². The highest BCUT2D eigenvalue weighted by Gasteiger charge is 2.24. The number of nitrogens with one attached hydrogen (secondary N) is 1. The molecule has 1 fully saturated rings. The number of thiophene rings is 1. The molecule has 1 aromatic carbocycles. The molecule has 1 atom stereocenters. The third kappa shape index (κ3) is 3.94. The summed E-state index contributed by atoms with van der Waals surface area (Å²) in [6.07, 6.45) is 3.69. The molecule has 7 heteroatoms. The molecule has 0 spiro atoms. The molecule has 4 rings (SSSR count). The van der Waals surface area contributed by atoms with Gasteiger partial charge in [-0.15, -0.1) is 11.3 Å². The number of hydrogen-bond donors (Lipinski definition) is 1. The number of amides is 1. The van der Waals surface area contributed by atoms with Crippen LogP contribution in [0.5, 0.6) is 0 Å². The summed E-state index contributed by atoms with van der Waals surface area (Å²) in [6.45, 7) is 2.82. The van der Waals surface area contributed by atoms with Crippen LogP contribution >= 0.6 is 11.3 Å². The van der Waals surface area contributed by atoms with Gasteiger partial charge in [0.05, 0.1) is 17.8 Å². The highest BCUT2D eigenvalue weighted by Crippen LogP contribution is 2.27. The van der Waals surface area contributed by atoms with E-state index in [0.717, 1.165) is 13.1 Å². The Morgan fingerprint density at radius 2 is 2.00 bits per heavy atom. The van der Waals surface area contributed by atoms with Crippen LogP contribution in [0.25, 0.3) is 10.9 Å². The van der Waals surface area contributed by atoms with E-state index in [9.17, 15) is 9.59 Å². The van der Waals surface area contributed by atoms with Gasteiger partial charge in [0.25, 0.3) is 0 Å². The van der Waals surface area contributed by atoms with Crippen LogP contribution in [0.3, 0.4) is 0 Å². The van der Waals surface area contributed by atoms with E-state index in [1.165, 1.54) is 23.9 Å². The molecule has 140 valence electrons. The van der Waals surface area contributed by atoms with Crippen molar-refractivity contribution >= 4 is 28.1 Å². The second-order valence-corrected chi connectivity index (χ2v) is 7.74. The lowest BCUT2D eigenvalue weighted by Gasteiger charge is -2.27.